The first-order valence-electron chi connectivity index (χ1n) is 11.6. The Morgan fingerprint density at radius 1 is 1.06 bits per heavy atom. The lowest BCUT2D eigenvalue weighted by Gasteiger charge is -2.30. The zero-order valence-electron chi connectivity index (χ0n) is 19.1. The van der Waals surface area contributed by atoms with Crippen molar-refractivity contribution in [2.24, 2.45) is 5.92 Å². The van der Waals surface area contributed by atoms with Gasteiger partial charge in [0.2, 0.25) is 11.8 Å². The zero-order chi connectivity index (χ0) is 24.1. The van der Waals surface area contributed by atoms with Gasteiger partial charge in [-0.05, 0) is 60.9 Å². The number of benzene rings is 2. The molecule has 1 unspecified atom stereocenters. The normalized spacial score (nSPS) is 18.4. The van der Waals surface area contributed by atoms with Crippen molar-refractivity contribution in [3.63, 3.8) is 0 Å². The number of amides is 3. The minimum atomic E-state index is -0.553. The molecule has 1 atom stereocenters. The second-order valence-corrected chi connectivity index (χ2v) is 9.62. The van der Waals surface area contributed by atoms with E-state index in [0.29, 0.717) is 17.8 Å². The molecule has 4 rings (SSSR count). The quantitative estimate of drug-likeness (QED) is 0.561. The highest BCUT2D eigenvalue weighted by atomic mass is 32.2. The average molecular weight is 481 g/mol. The van der Waals surface area contributed by atoms with Crippen LogP contribution in [0.3, 0.4) is 0 Å². The van der Waals surface area contributed by atoms with Gasteiger partial charge in [0.1, 0.15) is 5.25 Å². The van der Waals surface area contributed by atoms with Crippen molar-refractivity contribution >= 4 is 40.5 Å². The van der Waals surface area contributed by atoms with Crippen LogP contribution < -0.4 is 10.2 Å². The fourth-order valence-electron chi connectivity index (χ4n) is 4.44. The Bertz CT molecular complexity index is 1080. The Morgan fingerprint density at radius 2 is 1.79 bits per heavy atom. The second kappa shape index (κ2) is 10.9. The number of nitrogens with one attached hydrogen (secondary N) is 1. The largest absolute Gasteiger partial charge is 0.462 e. The average Bonchev–Trinajstić information content (AvgIpc) is 3.21. The van der Waals surface area contributed by atoms with E-state index < -0.39 is 11.2 Å². The van der Waals surface area contributed by atoms with Gasteiger partial charge in [-0.15, -0.1) is 0 Å². The molecular weight excluding hydrogens is 452 g/mol. The Balaban J connectivity index is 1.59. The van der Waals surface area contributed by atoms with E-state index in [1.165, 1.54) is 0 Å². The van der Waals surface area contributed by atoms with Crippen LogP contribution in [0.2, 0.25) is 0 Å². The lowest BCUT2D eigenvalue weighted by Crippen LogP contribution is -2.36. The monoisotopic (exact) mass is 480 g/mol. The van der Waals surface area contributed by atoms with Gasteiger partial charge in [0.25, 0.3) is 5.24 Å². The molecule has 2 aromatic rings. The van der Waals surface area contributed by atoms with E-state index in [1.807, 2.05) is 30.3 Å². The maximum absolute atomic E-state index is 13.6. The molecule has 1 aliphatic carbocycles. The number of carbonyl (C=O) groups excluding carboxylic acids is 4. The predicted molar refractivity (Wildman–Crippen MR) is 130 cm³/mol. The fourth-order valence-corrected chi connectivity index (χ4v) is 5.27. The Kier molecular flexibility index (Phi) is 7.67. The van der Waals surface area contributed by atoms with Gasteiger partial charge < -0.3 is 9.64 Å². The smallest absolute Gasteiger partial charge is 0.338 e. The molecule has 1 saturated heterocycles. The summed E-state index contributed by atoms with van der Waals surface area (Å²) in [5.74, 6) is -0.710. The third kappa shape index (κ3) is 5.50. The summed E-state index contributed by atoms with van der Waals surface area (Å²) in [5.41, 5.74) is 2.70. The highest BCUT2D eigenvalue weighted by Crippen LogP contribution is 2.34. The number of hydrogen-bond acceptors (Lipinski definition) is 6. The second-order valence-electron chi connectivity index (χ2n) is 8.55. The molecule has 178 valence electrons. The van der Waals surface area contributed by atoms with Crippen LogP contribution in [0.1, 0.15) is 65.8 Å². The van der Waals surface area contributed by atoms with Crippen molar-refractivity contribution in [3.8, 4) is 0 Å². The van der Waals surface area contributed by atoms with Gasteiger partial charge in [-0.25, -0.2) is 4.79 Å². The van der Waals surface area contributed by atoms with Crippen molar-refractivity contribution in [1.82, 2.24) is 5.32 Å². The minimum absolute atomic E-state index is 0.0381. The topological polar surface area (TPSA) is 92.8 Å². The van der Waals surface area contributed by atoms with Gasteiger partial charge in [0.05, 0.1) is 18.7 Å². The van der Waals surface area contributed by atoms with E-state index in [1.54, 1.807) is 30.0 Å². The summed E-state index contributed by atoms with van der Waals surface area (Å²) in [6.07, 6.45) is 4.98. The predicted octanol–water partition coefficient (Wildman–Crippen LogP) is 5.00. The van der Waals surface area contributed by atoms with E-state index in [9.17, 15) is 19.2 Å². The van der Waals surface area contributed by atoms with E-state index in [2.05, 4.69) is 5.32 Å². The zero-order valence-corrected chi connectivity index (χ0v) is 19.9. The molecule has 7 nitrogen and oxygen atoms in total. The Morgan fingerprint density at radius 3 is 2.44 bits per heavy atom. The van der Waals surface area contributed by atoms with Crippen LogP contribution in [0.25, 0.3) is 0 Å². The summed E-state index contributed by atoms with van der Waals surface area (Å²) in [5, 5.41) is 1.41. The first-order chi connectivity index (χ1) is 16.5. The van der Waals surface area contributed by atoms with Crippen LogP contribution in [0.4, 0.5) is 10.5 Å². The molecule has 2 aliphatic rings. The number of carbonyl (C=O) groups is 4. The number of anilines is 1. The molecular formula is C26H28N2O5S. The Labute approximate surface area is 203 Å². The number of thioether (sulfide) groups is 1. The lowest BCUT2D eigenvalue weighted by molar-refractivity contribution is -0.123. The summed E-state index contributed by atoms with van der Waals surface area (Å²) in [6.45, 7) is 2.38. The minimum Gasteiger partial charge on any atom is -0.462 e. The third-order valence-corrected chi connectivity index (χ3v) is 7.24. The molecule has 1 aliphatic heterocycles. The summed E-state index contributed by atoms with van der Waals surface area (Å²) in [6, 6.07) is 14.4. The van der Waals surface area contributed by atoms with Crippen LogP contribution >= 0.6 is 11.8 Å². The maximum atomic E-state index is 13.6. The van der Waals surface area contributed by atoms with Crippen molar-refractivity contribution in [3.05, 3.63) is 65.2 Å². The van der Waals surface area contributed by atoms with Crippen molar-refractivity contribution in [2.75, 3.05) is 11.5 Å². The van der Waals surface area contributed by atoms with Crippen LogP contribution in [0.15, 0.2) is 48.5 Å². The van der Waals surface area contributed by atoms with Gasteiger partial charge in [0, 0.05) is 11.6 Å². The molecule has 1 heterocycles. The number of esters is 1. The highest BCUT2D eigenvalue weighted by molar-refractivity contribution is 8.15. The molecule has 8 heteroatoms. The van der Waals surface area contributed by atoms with E-state index in [4.69, 9.17) is 4.74 Å². The van der Waals surface area contributed by atoms with E-state index in [0.717, 1.165) is 55.0 Å². The molecule has 0 bridgehead atoms. The number of ether oxygens (including phenoxy) is 1. The lowest BCUT2D eigenvalue weighted by atomic mass is 9.88. The van der Waals surface area contributed by atoms with Gasteiger partial charge in [-0.1, -0.05) is 49.6 Å². The summed E-state index contributed by atoms with van der Waals surface area (Å²) in [4.78, 5) is 51.1. The molecule has 34 heavy (non-hydrogen) atoms. The van der Waals surface area contributed by atoms with Gasteiger partial charge >= 0.3 is 5.97 Å². The van der Waals surface area contributed by atoms with Crippen molar-refractivity contribution in [2.45, 2.75) is 50.8 Å². The summed E-state index contributed by atoms with van der Waals surface area (Å²) in [7, 11) is 0. The van der Waals surface area contributed by atoms with E-state index in [-0.39, 0.29) is 29.6 Å². The number of imide groups is 1. The van der Waals surface area contributed by atoms with Crippen LogP contribution in [-0.4, -0.2) is 29.6 Å². The third-order valence-electron chi connectivity index (χ3n) is 6.20. The Hall–Kier alpha value is -3.13. The standard InChI is InChI=1S/C26H28N2O5S/c1-2-33-25(31)20-9-6-10-21(15-20)28(24(30)19-7-4-3-5-8-19)16-17-11-13-18(14-12-17)22-23(29)27-26(32)34-22/h6,9-15,19,22H,2-5,7-8,16H2,1H3,(H,27,29,32). The molecule has 1 N–H and O–H groups in total. The van der Waals surface area contributed by atoms with Crippen molar-refractivity contribution < 1.29 is 23.9 Å². The molecule has 0 spiro atoms. The number of rotatable bonds is 7. The molecule has 0 aromatic heterocycles. The summed E-state index contributed by atoms with van der Waals surface area (Å²) >= 11 is 0.967. The molecule has 1 saturated carbocycles. The SMILES string of the molecule is CCOC(=O)c1cccc(N(Cc2ccc(C3SC(=O)NC3=O)cc2)C(=O)C2CCCCC2)c1. The molecule has 0 radical (unpaired) electrons. The van der Waals surface area contributed by atoms with Crippen LogP contribution in [-0.2, 0) is 20.9 Å². The molecule has 2 fully saturated rings. The first-order valence-corrected chi connectivity index (χ1v) is 12.5. The van der Waals surface area contributed by atoms with Gasteiger partial charge in [-0.2, -0.15) is 0 Å². The highest BCUT2D eigenvalue weighted by Gasteiger charge is 2.33. The van der Waals surface area contributed by atoms with Crippen LogP contribution in [0, 0.1) is 5.92 Å². The van der Waals surface area contributed by atoms with E-state index >= 15 is 0 Å². The fraction of sp³-hybridized carbons (Fsp3) is 0.385. The molecule has 2 aromatic carbocycles. The maximum Gasteiger partial charge on any atom is 0.338 e. The summed E-state index contributed by atoms with van der Waals surface area (Å²) < 4.78 is 5.13. The number of nitrogens with zero attached hydrogens (tertiary/aromatic N) is 1. The van der Waals surface area contributed by atoms with Crippen molar-refractivity contribution in [1.29, 1.82) is 0 Å². The van der Waals surface area contributed by atoms with Gasteiger partial charge in [-0.3, -0.25) is 19.7 Å². The molecule has 3 amide bonds. The van der Waals surface area contributed by atoms with Gasteiger partial charge in [0.15, 0.2) is 0 Å². The van der Waals surface area contributed by atoms with Crippen LogP contribution in [0.5, 0.6) is 0 Å². The number of hydrogen-bond donors (Lipinski definition) is 1. The first kappa shape index (κ1) is 24.0.